The molecule has 0 saturated carbocycles. The summed E-state index contributed by atoms with van der Waals surface area (Å²) in [6, 6.07) is 14.8. The monoisotopic (exact) mass is 1970 g/mol. The van der Waals surface area contributed by atoms with Crippen molar-refractivity contribution in [1.29, 1.82) is 0 Å². The summed E-state index contributed by atoms with van der Waals surface area (Å²) in [4.78, 5) is 116. The molecule has 0 radical (unpaired) electrons. The molecule has 0 heterocycles. The largest absolute Gasteiger partial charge is 0.439 e. The van der Waals surface area contributed by atoms with E-state index in [4.69, 9.17) is 9.68 Å². The van der Waals surface area contributed by atoms with Crippen molar-refractivity contribution in [3.05, 3.63) is 165 Å². The first-order chi connectivity index (χ1) is 58.2. The molecule has 0 unspecified atom stereocenters. The fourth-order valence-corrected chi connectivity index (χ4v) is 8.58. The Morgan fingerprint density at radius 3 is 0.469 bits per heavy atom. The van der Waals surface area contributed by atoms with Crippen LogP contribution < -0.4 is 0 Å². The van der Waals surface area contributed by atoms with E-state index in [1.54, 1.807) is 64.1 Å². The van der Waals surface area contributed by atoms with Gasteiger partial charge in [0.2, 0.25) is 0 Å². The average molecular weight is 1970 g/mol. The zero-order valence-corrected chi connectivity index (χ0v) is 62.1. The van der Waals surface area contributed by atoms with Crippen molar-refractivity contribution < 1.29 is 270 Å². The molecule has 130 heavy (non-hydrogen) atoms. The number of fused-ring (bicyclic) bond motifs is 2. The predicted octanol–water partition coefficient (Wildman–Crippen LogP) is 21.7. The Kier molecular flexibility index (Phi) is 35.3. The third-order valence-corrected chi connectivity index (χ3v) is 14.0. The minimum absolute atomic E-state index is 0.0955. The van der Waals surface area contributed by atoms with Gasteiger partial charge in [-0.2, -0.15) is 184 Å². The molecule has 0 aromatic heterocycles. The van der Waals surface area contributed by atoms with Crippen LogP contribution >= 0.6 is 0 Å². The summed E-state index contributed by atoms with van der Waals surface area (Å²) in [5.74, 6) is -18.6. The number of rotatable bonds is 18. The highest BCUT2D eigenvalue weighted by Gasteiger charge is 2.66. The predicted molar refractivity (Wildman–Crippen MR) is 338 cm³/mol. The lowest BCUT2D eigenvalue weighted by atomic mass is 10.0. The normalized spacial score (nSPS) is 13.0. The zero-order chi connectivity index (χ0) is 101. The Labute approximate surface area is 688 Å². The third kappa shape index (κ3) is 33.8. The molecule has 6 aromatic carbocycles. The number of hydrogen-bond donors (Lipinski definition) is 0. The van der Waals surface area contributed by atoms with E-state index in [9.17, 15) is 228 Å². The van der Waals surface area contributed by atoms with Gasteiger partial charge in [0.05, 0.1) is 61.5 Å². The van der Waals surface area contributed by atoms with Crippen LogP contribution in [0.1, 0.15) is 121 Å². The zero-order valence-electron chi connectivity index (χ0n) is 62.1. The Balaban J connectivity index is 0.000000455. The summed E-state index contributed by atoms with van der Waals surface area (Å²) >= 11 is 0. The number of carbonyl (C=O) groups excluding carboxylic acids is 9. The molecule has 0 bridgehead atoms. The highest BCUT2D eigenvalue weighted by Crippen LogP contribution is 2.44. The van der Waals surface area contributed by atoms with E-state index in [1.165, 1.54) is 0 Å². The topological polar surface area (TPSA) is 261 Å². The van der Waals surface area contributed by atoms with Crippen molar-refractivity contribution in [2.45, 2.75) is 157 Å². The van der Waals surface area contributed by atoms with Gasteiger partial charge in [0.1, 0.15) is 0 Å². The molecule has 0 amide bonds. The standard InChI is InChI=1S/C18H6F18O6.C18H8F12O4.C18H18N2O4.C14H6F12O4/c19-13(20,21)10(14(22,23)24)40-7(37)4-1-5(8(38)41-11(15(25,26)27)16(28,29)30)3-6(2-4)9(39)42-12(17(31,32)33)18(34,35)36;19-15(20,21)13(16(22,23)24)33-11(31)9-3-1-7-5-10(4-2-8(7)6-9)12(32)34-14(17(25,26)27)18(28,29)30;1-11(2)19-23-17(21)15-7-5-14-10-16(8-6-13(14)9-15)18(22)24-20-12(3)4;15-11(16,17)9(12(18,19)20)29-7(27)5-2-1-3-6(4-5)8(28)30-10(13(21,22)23)14(24,25)26/h1-3,10-12H;1-6,13-14H;5-10H,1-4H3;1-4,9-10H. The Morgan fingerprint density at radius 2 is 0.323 bits per heavy atom. The fourth-order valence-electron chi connectivity index (χ4n) is 8.58. The van der Waals surface area contributed by atoms with Crippen LogP contribution in [0.5, 0.6) is 0 Å². The second-order valence-electron chi connectivity index (χ2n) is 24.8. The van der Waals surface area contributed by atoms with E-state index in [0.29, 0.717) is 52.9 Å². The molecule has 0 spiro atoms. The van der Waals surface area contributed by atoms with Crippen molar-refractivity contribution in [1.82, 2.24) is 0 Å². The highest BCUT2D eigenvalue weighted by molar-refractivity contribution is 6.03. The molecule has 0 aliphatic carbocycles. The van der Waals surface area contributed by atoms with E-state index < -0.39 is 240 Å². The van der Waals surface area contributed by atoms with Gasteiger partial charge in [0.25, 0.3) is 42.7 Å². The second-order valence-corrected chi connectivity index (χ2v) is 24.8. The van der Waals surface area contributed by atoms with Crippen molar-refractivity contribution in [2.24, 2.45) is 10.3 Å². The number of nitrogens with zero attached hydrogens (tertiary/aromatic N) is 2. The average Bonchev–Trinajstić information content (AvgIpc) is 0.793. The summed E-state index contributed by atoms with van der Waals surface area (Å²) in [5.41, 5.74) is -8.02. The van der Waals surface area contributed by atoms with Gasteiger partial charge in [-0.05, 0) is 134 Å². The molecule has 6 aromatic rings. The van der Waals surface area contributed by atoms with Crippen LogP contribution in [0.3, 0.4) is 0 Å². The second kappa shape index (κ2) is 41.1. The van der Waals surface area contributed by atoms with Crippen LogP contribution in [0.4, 0.5) is 184 Å². The lowest BCUT2D eigenvalue weighted by molar-refractivity contribution is -0.308. The van der Waals surface area contributed by atoms with Gasteiger partial charge in [0, 0.05) is 0 Å². The smallest absolute Gasteiger partial charge is 0.434 e. The Morgan fingerprint density at radius 1 is 0.192 bits per heavy atom. The van der Waals surface area contributed by atoms with Gasteiger partial charge in [-0.1, -0.05) is 40.6 Å². The van der Waals surface area contributed by atoms with Crippen LogP contribution in [0.2, 0.25) is 0 Å². The molecule has 0 aliphatic heterocycles. The summed E-state index contributed by atoms with van der Waals surface area (Å²) < 4.78 is 550. The molecule has 6 rings (SSSR count). The van der Waals surface area contributed by atoms with E-state index in [1.807, 2.05) is 0 Å². The molecule has 0 saturated heterocycles. The van der Waals surface area contributed by atoms with Crippen molar-refractivity contribution >= 4 is 86.7 Å². The minimum Gasteiger partial charge on any atom is -0.439 e. The van der Waals surface area contributed by atoms with Gasteiger partial charge in [-0.3, -0.25) is 0 Å². The summed E-state index contributed by atoms with van der Waals surface area (Å²) in [6.45, 7) is 6.94. The maximum absolute atomic E-state index is 12.7. The quantitative estimate of drug-likeness (QED) is 0.0193. The highest BCUT2D eigenvalue weighted by atomic mass is 19.5. The van der Waals surface area contributed by atoms with Crippen LogP contribution in [-0.4, -0.2) is 194 Å². The SMILES string of the molecule is CC(C)=NOC(=O)c1ccc2cc(C(=O)ON=C(C)C)ccc2c1.O=C(OC(C(F)(F)F)C(F)(F)F)c1cc(C(=O)OC(C(F)(F)F)C(F)(F)F)cc(C(=O)OC(C(F)(F)F)C(F)(F)F)c1.O=C(OC(C(F)(F)F)C(F)(F)F)c1ccc2cc(C(=O)OC(C(F)(F)F)C(F)(F)F)ccc2c1.O=C(OC(C(F)(F)F)C(F)(F)F)c1cccc(C(=O)OC(C(F)(F)F)C(F)(F)F)c1. The van der Waals surface area contributed by atoms with Crippen LogP contribution in [0.15, 0.2) is 126 Å². The lowest BCUT2D eigenvalue weighted by Crippen LogP contribution is -2.46. The van der Waals surface area contributed by atoms with Gasteiger partial charge < -0.3 is 42.8 Å². The maximum Gasteiger partial charge on any atom is 0.434 e. The van der Waals surface area contributed by atoms with Gasteiger partial charge >= 0.3 is 140 Å². The van der Waals surface area contributed by atoms with Crippen molar-refractivity contribution in [3.8, 4) is 0 Å². The number of carbonyl (C=O) groups is 9. The number of benzene rings is 6. The molecule has 62 heteroatoms. The summed E-state index contributed by atoms with van der Waals surface area (Å²) in [5, 5.41) is 8.62. The molecule has 20 nitrogen and oxygen atoms in total. The number of esters is 7. The van der Waals surface area contributed by atoms with Crippen molar-refractivity contribution in [2.75, 3.05) is 0 Å². The van der Waals surface area contributed by atoms with Crippen LogP contribution in [0.25, 0.3) is 21.5 Å². The lowest BCUT2D eigenvalue weighted by Gasteiger charge is -2.24. The minimum atomic E-state index is -6.47. The van der Waals surface area contributed by atoms with E-state index in [2.05, 4.69) is 43.5 Å². The number of hydrogen-bond acceptors (Lipinski definition) is 20. The molecular formula is C68H38F42N2O18. The van der Waals surface area contributed by atoms with E-state index in [-0.39, 0.29) is 16.8 Å². The molecule has 722 valence electrons. The third-order valence-electron chi connectivity index (χ3n) is 14.0. The van der Waals surface area contributed by atoms with E-state index in [0.717, 1.165) is 35.0 Å². The summed E-state index contributed by atoms with van der Waals surface area (Å²) in [7, 11) is 0. The Bertz CT molecular complexity index is 4640. The fraction of sp³-hybridized carbons (Fsp3) is 0.368. The van der Waals surface area contributed by atoms with Crippen molar-refractivity contribution in [3.63, 3.8) is 0 Å². The number of alkyl halides is 42. The molecule has 0 N–H and O–H groups in total. The van der Waals surface area contributed by atoms with Crippen LogP contribution in [-0.2, 0) is 42.8 Å². The number of oxime groups is 2. The summed E-state index contributed by atoms with van der Waals surface area (Å²) in [6.07, 6.45) is -120. The molecule has 0 atom stereocenters. The van der Waals surface area contributed by atoms with Gasteiger partial charge in [0.15, 0.2) is 0 Å². The van der Waals surface area contributed by atoms with Gasteiger partial charge in [-0.15, -0.1) is 0 Å². The Hall–Kier alpha value is -12.5. The van der Waals surface area contributed by atoms with E-state index >= 15 is 0 Å². The molecular weight excluding hydrogens is 1930 g/mol. The molecule has 0 fully saturated rings. The number of ether oxygens (including phenoxy) is 7. The first-order valence-electron chi connectivity index (χ1n) is 32.4. The first-order valence-corrected chi connectivity index (χ1v) is 32.4. The number of halogens is 42. The molecule has 0 aliphatic rings. The van der Waals surface area contributed by atoms with Crippen LogP contribution in [0, 0.1) is 0 Å². The van der Waals surface area contributed by atoms with Gasteiger partial charge in [-0.25, -0.2) is 43.2 Å². The first kappa shape index (κ1) is 112. The maximum atomic E-state index is 12.7.